The molecule has 0 aliphatic carbocycles. The van der Waals surface area contributed by atoms with Gasteiger partial charge in [-0.2, -0.15) is 0 Å². The molecule has 0 saturated carbocycles. The number of unbranched alkanes of at least 4 members (excludes halogenated alkanes) is 15. The van der Waals surface area contributed by atoms with Gasteiger partial charge in [-0.3, -0.25) is 0 Å². The third kappa shape index (κ3) is 18.4. The van der Waals surface area contributed by atoms with Crippen LogP contribution in [0.4, 0.5) is 0 Å². The summed E-state index contributed by atoms with van der Waals surface area (Å²) < 4.78 is 1.16. The maximum atomic E-state index is 2.40. The number of hydrogen-bond acceptors (Lipinski definition) is 0. The van der Waals surface area contributed by atoms with Crippen LogP contribution < -0.4 is 17.0 Å². The summed E-state index contributed by atoms with van der Waals surface area (Å²) >= 11 is 0. The first-order valence-corrected chi connectivity index (χ1v) is 13.0. The molecule has 0 unspecified atom stereocenters. The first-order chi connectivity index (χ1) is 14.1. The number of hydrogen-bond donors (Lipinski definition) is 0. The molecule has 30 heavy (non-hydrogen) atoms. The lowest BCUT2D eigenvalue weighted by atomic mass is 10.0. The molecule has 1 aromatic carbocycles. The van der Waals surface area contributed by atoms with E-state index >= 15 is 0 Å². The third-order valence-corrected chi connectivity index (χ3v) is 6.47. The zero-order valence-corrected chi connectivity index (χ0v) is 22.2. The number of benzene rings is 1. The minimum absolute atomic E-state index is 0. The monoisotopic (exact) mass is 481 g/mol. The van der Waals surface area contributed by atoms with Gasteiger partial charge in [-0.15, -0.1) is 0 Å². The summed E-state index contributed by atoms with van der Waals surface area (Å²) in [7, 11) is 4.79. The molecule has 1 rings (SSSR count). The van der Waals surface area contributed by atoms with E-state index in [2.05, 4.69) is 51.4 Å². The molecule has 0 fully saturated rings. The van der Waals surface area contributed by atoms with Crippen LogP contribution >= 0.6 is 0 Å². The lowest BCUT2D eigenvalue weighted by Gasteiger charge is -2.30. The van der Waals surface area contributed by atoms with Gasteiger partial charge in [-0.05, 0) is 18.4 Å². The van der Waals surface area contributed by atoms with Gasteiger partial charge in [-0.25, -0.2) is 0 Å². The molecule has 0 radical (unpaired) electrons. The molecule has 0 atom stereocenters. The molecule has 176 valence electrons. The molecule has 0 amide bonds. The van der Waals surface area contributed by atoms with Gasteiger partial charge < -0.3 is 21.5 Å². The molecular weight excluding hydrogens is 430 g/mol. The van der Waals surface area contributed by atoms with E-state index in [9.17, 15) is 0 Å². The van der Waals surface area contributed by atoms with Crippen LogP contribution in [0.1, 0.15) is 115 Å². The Bertz CT molecular complexity index is 457. The molecule has 0 heterocycles. The minimum atomic E-state index is 0. The zero-order valence-electron chi connectivity index (χ0n) is 20.6. The van der Waals surface area contributed by atoms with Crippen molar-refractivity contribution in [2.75, 3.05) is 27.2 Å². The summed E-state index contributed by atoms with van der Waals surface area (Å²) in [5.41, 5.74) is 1.48. The largest absolute Gasteiger partial charge is 1.00 e. The van der Waals surface area contributed by atoms with Crippen LogP contribution in [0.3, 0.4) is 0 Å². The topological polar surface area (TPSA) is 0 Å². The second kappa shape index (κ2) is 20.6. The molecule has 2 heteroatoms. The van der Waals surface area contributed by atoms with Gasteiger partial charge in [0.2, 0.25) is 0 Å². The highest BCUT2D eigenvalue weighted by Crippen LogP contribution is 2.14. The smallest absolute Gasteiger partial charge is 0.0823 e. The van der Waals surface area contributed by atoms with E-state index in [-0.39, 0.29) is 17.0 Å². The summed E-state index contributed by atoms with van der Waals surface area (Å²) in [4.78, 5) is 0. The Kier molecular flexibility index (Phi) is 20.3. The molecule has 0 aliphatic rings. The van der Waals surface area contributed by atoms with E-state index in [4.69, 9.17) is 0 Å². The van der Waals surface area contributed by atoms with Gasteiger partial charge in [0.05, 0.1) is 27.2 Å². The highest BCUT2D eigenvalue weighted by atomic mass is 79.9. The van der Waals surface area contributed by atoms with Crippen molar-refractivity contribution in [3.63, 3.8) is 0 Å². The number of halogens is 1. The maximum absolute atomic E-state index is 2.40. The highest BCUT2D eigenvalue weighted by molar-refractivity contribution is 5.14. The molecule has 0 saturated heterocycles. The van der Waals surface area contributed by atoms with Gasteiger partial charge in [0, 0.05) is 6.42 Å². The Morgan fingerprint density at radius 3 is 1.37 bits per heavy atom. The molecule has 1 nitrogen and oxygen atoms in total. The summed E-state index contributed by atoms with van der Waals surface area (Å²) in [6.07, 6.45) is 24.4. The van der Waals surface area contributed by atoms with Crippen molar-refractivity contribution in [2.45, 2.75) is 116 Å². The summed E-state index contributed by atoms with van der Waals surface area (Å²) in [5, 5.41) is 0. The second-order valence-electron chi connectivity index (χ2n) is 9.92. The predicted octanol–water partition coefficient (Wildman–Crippen LogP) is 5.57. The Morgan fingerprint density at radius 1 is 0.533 bits per heavy atom. The fourth-order valence-corrected chi connectivity index (χ4v) is 4.28. The van der Waals surface area contributed by atoms with Gasteiger partial charge >= 0.3 is 0 Å². The fraction of sp³-hybridized carbons (Fsp3) is 0.786. The predicted molar refractivity (Wildman–Crippen MR) is 132 cm³/mol. The van der Waals surface area contributed by atoms with E-state index in [0.717, 1.165) is 4.48 Å². The van der Waals surface area contributed by atoms with E-state index in [1.54, 1.807) is 0 Å². The molecule has 0 aromatic heterocycles. The maximum Gasteiger partial charge on any atom is 0.0823 e. The molecule has 0 aliphatic heterocycles. The summed E-state index contributed by atoms with van der Waals surface area (Å²) in [6, 6.07) is 10.9. The van der Waals surface area contributed by atoms with Gasteiger partial charge in [0.1, 0.15) is 0 Å². The number of likely N-dealkylation sites (N-methyl/N-ethyl adjacent to an activating group) is 1. The summed E-state index contributed by atoms with van der Waals surface area (Å²) in [5.74, 6) is 0. The molecule has 0 N–H and O–H groups in total. The molecular formula is C28H52BrN. The highest BCUT2D eigenvalue weighted by Gasteiger charge is 2.14. The number of rotatable bonds is 20. The van der Waals surface area contributed by atoms with Crippen molar-refractivity contribution in [1.29, 1.82) is 0 Å². The van der Waals surface area contributed by atoms with Crippen LogP contribution in [0.25, 0.3) is 0 Å². The van der Waals surface area contributed by atoms with Crippen molar-refractivity contribution in [1.82, 2.24) is 0 Å². The zero-order chi connectivity index (χ0) is 21.0. The Morgan fingerprint density at radius 2 is 0.933 bits per heavy atom. The third-order valence-electron chi connectivity index (χ3n) is 6.47. The first-order valence-electron chi connectivity index (χ1n) is 13.0. The van der Waals surface area contributed by atoms with Crippen molar-refractivity contribution in [2.24, 2.45) is 0 Å². The minimum Gasteiger partial charge on any atom is -1.00 e. The molecule has 1 aromatic rings. The first kappa shape index (κ1) is 29.7. The van der Waals surface area contributed by atoms with Crippen LogP contribution in [0.15, 0.2) is 30.3 Å². The van der Waals surface area contributed by atoms with Gasteiger partial charge in [-0.1, -0.05) is 127 Å². The SMILES string of the molecule is CCCCCCCCCCCCCCCCCC[N+](C)(C)CCc1ccccc1.[Br-]. The molecule has 0 bridgehead atoms. The van der Waals surface area contributed by atoms with Gasteiger partial charge in [0.25, 0.3) is 0 Å². The lowest BCUT2D eigenvalue weighted by molar-refractivity contribution is -0.890. The van der Waals surface area contributed by atoms with Crippen LogP contribution in [0.5, 0.6) is 0 Å². The Balaban J connectivity index is 0.00000841. The average Bonchev–Trinajstić information content (AvgIpc) is 2.73. The lowest BCUT2D eigenvalue weighted by Crippen LogP contribution is -3.00. The van der Waals surface area contributed by atoms with Crippen LogP contribution in [0.2, 0.25) is 0 Å². The average molecular weight is 483 g/mol. The van der Waals surface area contributed by atoms with Crippen LogP contribution in [-0.2, 0) is 6.42 Å². The number of nitrogens with zero attached hydrogens (tertiary/aromatic N) is 1. The standard InChI is InChI=1S/C28H52N.BrH/c1-4-5-6-7-8-9-10-11-12-13-14-15-16-17-18-22-26-29(2,3)27-25-28-23-20-19-21-24-28;/h19-21,23-24H,4-18,22,25-27H2,1-3H3;1H/q+1;/p-1. The van der Waals surface area contributed by atoms with E-state index in [0.29, 0.717) is 0 Å². The van der Waals surface area contributed by atoms with E-state index < -0.39 is 0 Å². The van der Waals surface area contributed by atoms with E-state index in [1.807, 2.05) is 0 Å². The van der Waals surface area contributed by atoms with E-state index in [1.165, 1.54) is 128 Å². The Labute approximate surface area is 200 Å². The Hall–Kier alpha value is -0.340. The summed E-state index contributed by atoms with van der Waals surface area (Å²) in [6.45, 7) is 4.88. The normalized spacial score (nSPS) is 11.4. The van der Waals surface area contributed by atoms with Gasteiger partial charge in [0.15, 0.2) is 0 Å². The molecule has 0 spiro atoms. The van der Waals surface area contributed by atoms with Crippen molar-refractivity contribution >= 4 is 0 Å². The second-order valence-corrected chi connectivity index (χ2v) is 9.92. The quantitative estimate of drug-likeness (QED) is 0.168. The van der Waals surface area contributed by atoms with Crippen LogP contribution in [-0.4, -0.2) is 31.7 Å². The van der Waals surface area contributed by atoms with Crippen LogP contribution in [0, 0.1) is 0 Å². The number of quaternary nitrogens is 1. The fourth-order valence-electron chi connectivity index (χ4n) is 4.28. The van der Waals surface area contributed by atoms with Crippen molar-refractivity contribution in [3.8, 4) is 0 Å². The van der Waals surface area contributed by atoms with Crippen molar-refractivity contribution < 1.29 is 21.5 Å². The van der Waals surface area contributed by atoms with Crippen molar-refractivity contribution in [3.05, 3.63) is 35.9 Å².